The highest BCUT2D eigenvalue weighted by molar-refractivity contribution is 7.12. The molecule has 0 bridgehead atoms. The van der Waals surface area contributed by atoms with Crippen LogP contribution in [-0.4, -0.2) is 44.8 Å². The lowest BCUT2D eigenvalue weighted by Gasteiger charge is -2.08. The topological polar surface area (TPSA) is 76.7 Å². The molecule has 2 aromatic rings. The van der Waals surface area contributed by atoms with Crippen molar-refractivity contribution in [2.24, 2.45) is 0 Å². The first-order chi connectivity index (χ1) is 13.7. The molecule has 0 spiro atoms. The standard InChI is InChI=1S/C21H28N2O4S/c1-2-3-11-26-13-14-27-12-10-22-20(24)18-8-6-17(7-9-18)16-23-21(25)19-5-4-15-28-19/h4-9,15H,2-3,10-14,16H2,1H3,(H,22,24)(H,23,25). The highest BCUT2D eigenvalue weighted by Gasteiger charge is 2.07. The van der Waals surface area contributed by atoms with Crippen LogP contribution in [0.15, 0.2) is 41.8 Å². The third-order valence-corrected chi connectivity index (χ3v) is 4.83. The molecular formula is C21H28N2O4S. The Balaban J connectivity index is 1.60. The summed E-state index contributed by atoms with van der Waals surface area (Å²) in [4.78, 5) is 24.7. The lowest BCUT2D eigenvalue weighted by atomic mass is 10.1. The fraction of sp³-hybridized carbons (Fsp3) is 0.429. The van der Waals surface area contributed by atoms with Crippen LogP contribution in [0.4, 0.5) is 0 Å². The van der Waals surface area contributed by atoms with E-state index >= 15 is 0 Å². The Morgan fingerprint density at radius 1 is 0.929 bits per heavy atom. The van der Waals surface area contributed by atoms with Crippen LogP contribution in [0.25, 0.3) is 0 Å². The fourth-order valence-corrected chi connectivity index (χ4v) is 3.00. The number of amides is 2. The van der Waals surface area contributed by atoms with Crippen LogP contribution >= 0.6 is 11.3 Å². The first-order valence-electron chi connectivity index (χ1n) is 9.55. The van der Waals surface area contributed by atoms with Crippen molar-refractivity contribution in [2.75, 3.05) is 33.0 Å². The normalized spacial score (nSPS) is 10.6. The van der Waals surface area contributed by atoms with Crippen molar-refractivity contribution in [1.82, 2.24) is 10.6 Å². The van der Waals surface area contributed by atoms with Gasteiger partial charge in [-0.15, -0.1) is 11.3 Å². The minimum atomic E-state index is -0.142. The molecule has 2 rings (SSSR count). The van der Waals surface area contributed by atoms with Crippen molar-refractivity contribution in [2.45, 2.75) is 26.3 Å². The molecule has 1 aromatic carbocycles. The Kier molecular flexibility index (Phi) is 10.3. The van der Waals surface area contributed by atoms with E-state index in [1.807, 2.05) is 23.6 Å². The van der Waals surface area contributed by atoms with Crippen molar-refractivity contribution in [1.29, 1.82) is 0 Å². The molecule has 2 N–H and O–H groups in total. The second kappa shape index (κ2) is 13.0. The number of benzene rings is 1. The van der Waals surface area contributed by atoms with Gasteiger partial charge in [-0.1, -0.05) is 31.5 Å². The zero-order chi connectivity index (χ0) is 20.0. The average Bonchev–Trinajstić information content (AvgIpc) is 3.26. The van der Waals surface area contributed by atoms with Gasteiger partial charge in [-0.2, -0.15) is 0 Å². The smallest absolute Gasteiger partial charge is 0.261 e. The molecule has 0 aliphatic rings. The Bertz CT molecular complexity index is 702. The Morgan fingerprint density at radius 2 is 1.68 bits per heavy atom. The number of unbranched alkanes of at least 4 members (excludes halogenated alkanes) is 1. The van der Waals surface area contributed by atoms with E-state index in [1.54, 1.807) is 18.2 Å². The van der Waals surface area contributed by atoms with Gasteiger partial charge in [0.05, 0.1) is 24.7 Å². The maximum Gasteiger partial charge on any atom is 0.261 e. The maximum atomic E-state index is 12.1. The summed E-state index contributed by atoms with van der Waals surface area (Å²) in [5.74, 6) is -0.232. The van der Waals surface area contributed by atoms with Crippen molar-refractivity contribution in [3.05, 3.63) is 57.8 Å². The minimum Gasteiger partial charge on any atom is -0.379 e. The molecule has 0 atom stereocenters. The molecule has 0 saturated heterocycles. The van der Waals surface area contributed by atoms with Gasteiger partial charge in [0.2, 0.25) is 0 Å². The lowest BCUT2D eigenvalue weighted by molar-refractivity contribution is 0.0472. The van der Waals surface area contributed by atoms with Gasteiger partial charge in [0.25, 0.3) is 11.8 Å². The molecule has 0 fully saturated rings. The zero-order valence-electron chi connectivity index (χ0n) is 16.2. The molecule has 0 saturated carbocycles. The molecule has 6 nitrogen and oxygen atoms in total. The Morgan fingerprint density at radius 3 is 2.36 bits per heavy atom. The summed E-state index contributed by atoms with van der Waals surface area (Å²) in [6.07, 6.45) is 2.19. The molecular weight excluding hydrogens is 376 g/mol. The highest BCUT2D eigenvalue weighted by atomic mass is 32.1. The van der Waals surface area contributed by atoms with E-state index in [4.69, 9.17) is 9.47 Å². The summed E-state index contributed by atoms with van der Waals surface area (Å²) in [7, 11) is 0. The van der Waals surface area contributed by atoms with Crippen LogP contribution < -0.4 is 10.6 Å². The van der Waals surface area contributed by atoms with Gasteiger partial charge in [0, 0.05) is 25.3 Å². The number of hydrogen-bond acceptors (Lipinski definition) is 5. The highest BCUT2D eigenvalue weighted by Crippen LogP contribution is 2.09. The summed E-state index contributed by atoms with van der Waals surface area (Å²) in [5.41, 5.74) is 1.52. The number of carbonyl (C=O) groups is 2. The van der Waals surface area contributed by atoms with E-state index in [-0.39, 0.29) is 11.8 Å². The molecule has 2 amide bonds. The second-order valence-electron chi connectivity index (χ2n) is 6.19. The van der Waals surface area contributed by atoms with Gasteiger partial charge in [0.1, 0.15) is 0 Å². The molecule has 0 radical (unpaired) electrons. The number of thiophene rings is 1. The van der Waals surface area contributed by atoms with Crippen LogP contribution in [-0.2, 0) is 16.0 Å². The molecule has 152 valence electrons. The van der Waals surface area contributed by atoms with Crippen molar-refractivity contribution < 1.29 is 19.1 Å². The largest absolute Gasteiger partial charge is 0.379 e. The Hall–Kier alpha value is -2.22. The monoisotopic (exact) mass is 404 g/mol. The third kappa shape index (κ3) is 8.21. The van der Waals surface area contributed by atoms with Gasteiger partial charge >= 0.3 is 0 Å². The van der Waals surface area contributed by atoms with E-state index in [2.05, 4.69) is 17.6 Å². The van der Waals surface area contributed by atoms with Crippen LogP contribution in [0.2, 0.25) is 0 Å². The number of nitrogens with one attached hydrogen (secondary N) is 2. The minimum absolute atomic E-state index is 0.0902. The molecule has 1 aromatic heterocycles. The van der Waals surface area contributed by atoms with E-state index in [0.717, 1.165) is 25.0 Å². The van der Waals surface area contributed by atoms with Crippen LogP contribution in [0.5, 0.6) is 0 Å². The van der Waals surface area contributed by atoms with E-state index in [1.165, 1.54) is 11.3 Å². The van der Waals surface area contributed by atoms with E-state index in [0.29, 0.717) is 43.4 Å². The van der Waals surface area contributed by atoms with Crippen molar-refractivity contribution in [3.63, 3.8) is 0 Å². The quantitative estimate of drug-likeness (QED) is 0.503. The van der Waals surface area contributed by atoms with E-state index < -0.39 is 0 Å². The maximum absolute atomic E-state index is 12.1. The number of ether oxygens (including phenoxy) is 2. The molecule has 0 unspecified atom stereocenters. The number of carbonyl (C=O) groups excluding carboxylic acids is 2. The van der Waals surface area contributed by atoms with Crippen LogP contribution in [0.3, 0.4) is 0 Å². The van der Waals surface area contributed by atoms with Crippen LogP contribution in [0, 0.1) is 0 Å². The lowest BCUT2D eigenvalue weighted by Crippen LogP contribution is -2.27. The average molecular weight is 405 g/mol. The fourth-order valence-electron chi connectivity index (χ4n) is 2.36. The first kappa shape index (κ1) is 22.1. The molecule has 28 heavy (non-hydrogen) atoms. The van der Waals surface area contributed by atoms with Crippen LogP contribution in [0.1, 0.15) is 45.4 Å². The summed E-state index contributed by atoms with van der Waals surface area (Å²) >= 11 is 1.41. The Labute approximate surface area is 170 Å². The zero-order valence-corrected chi connectivity index (χ0v) is 17.1. The van der Waals surface area contributed by atoms with Gasteiger partial charge < -0.3 is 20.1 Å². The SMILES string of the molecule is CCCCOCCOCCNC(=O)c1ccc(CNC(=O)c2cccs2)cc1. The summed E-state index contributed by atoms with van der Waals surface area (Å²) in [6, 6.07) is 10.8. The van der Waals surface area contributed by atoms with E-state index in [9.17, 15) is 9.59 Å². The first-order valence-corrected chi connectivity index (χ1v) is 10.4. The number of rotatable bonds is 13. The van der Waals surface area contributed by atoms with Gasteiger partial charge in [-0.25, -0.2) is 0 Å². The molecule has 7 heteroatoms. The van der Waals surface area contributed by atoms with Crippen molar-refractivity contribution >= 4 is 23.2 Å². The number of hydrogen-bond donors (Lipinski definition) is 2. The summed E-state index contributed by atoms with van der Waals surface area (Å²) in [5, 5.41) is 7.56. The van der Waals surface area contributed by atoms with Gasteiger partial charge in [-0.3, -0.25) is 9.59 Å². The molecule has 1 heterocycles. The molecule has 0 aliphatic heterocycles. The molecule has 0 aliphatic carbocycles. The van der Waals surface area contributed by atoms with Gasteiger partial charge in [-0.05, 0) is 35.6 Å². The summed E-state index contributed by atoms with van der Waals surface area (Å²) < 4.78 is 10.8. The van der Waals surface area contributed by atoms with Gasteiger partial charge in [0.15, 0.2) is 0 Å². The summed E-state index contributed by atoms with van der Waals surface area (Å²) in [6.45, 7) is 5.34. The third-order valence-electron chi connectivity index (χ3n) is 3.96. The second-order valence-corrected chi connectivity index (χ2v) is 7.14. The predicted octanol–water partition coefficient (Wildman–Crippen LogP) is 3.24. The predicted molar refractivity (Wildman–Crippen MR) is 111 cm³/mol. The van der Waals surface area contributed by atoms with Crippen molar-refractivity contribution in [3.8, 4) is 0 Å².